The molecule has 1 atom stereocenters. The van der Waals surface area contributed by atoms with Crippen molar-refractivity contribution in [2.45, 2.75) is 32.2 Å². The number of sulfone groups is 1. The molecule has 150 valence electrons. The summed E-state index contributed by atoms with van der Waals surface area (Å²) < 4.78 is 28.3. The van der Waals surface area contributed by atoms with Gasteiger partial charge in [0.05, 0.1) is 17.5 Å². The third-order valence-electron chi connectivity index (χ3n) is 4.60. The highest BCUT2D eigenvalue weighted by Gasteiger charge is 2.37. The van der Waals surface area contributed by atoms with Gasteiger partial charge >= 0.3 is 5.97 Å². The number of hydrazone groups is 1. The molecule has 2 aliphatic heterocycles. The van der Waals surface area contributed by atoms with Crippen LogP contribution in [0.2, 0.25) is 0 Å². The number of carbonyl (C=O) groups is 3. The summed E-state index contributed by atoms with van der Waals surface area (Å²) in [6, 6.07) is 6.63. The van der Waals surface area contributed by atoms with E-state index in [4.69, 9.17) is 4.74 Å². The Morgan fingerprint density at radius 2 is 2.04 bits per heavy atom. The lowest BCUT2D eigenvalue weighted by molar-refractivity contribution is -0.141. The first-order valence-corrected chi connectivity index (χ1v) is 10.7. The van der Waals surface area contributed by atoms with Crippen molar-refractivity contribution in [3.05, 3.63) is 29.8 Å². The van der Waals surface area contributed by atoms with Crippen LogP contribution in [-0.2, 0) is 29.0 Å². The Balaban J connectivity index is 1.59. The van der Waals surface area contributed by atoms with Crippen LogP contribution in [0.3, 0.4) is 0 Å². The number of benzene rings is 1. The van der Waals surface area contributed by atoms with Crippen molar-refractivity contribution in [3.8, 4) is 0 Å². The molecule has 10 heteroatoms. The highest BCUT2D eigenvalue weighted by molar-refractivity contribution is 7.91. The summed E-state index contributed by atoms with van der Waals surface area (Å²) in [4.78, 5) is 36.3. The van der Waals surface area contributed by atoms with E-state index in [2.05, 4.69) is 10.4 Å². The lowest BCUT2D eigenvalue weighted by Gasteiger charge is -2.27. The summed E-state index contributed by atoms with van der Waals surface area (Å²) >= 11 is 0. The molecule has 0 aliphatic carbocycles. The van der Waals surface area contributed by atoms with E-state index in [0.29, 0.717) is 12.1 Å². The fraction of sp³-hybridized carbons (Fsp3) is 0.444. The molecule has 0 spiro atoms. The summed E-state index contributed by atoms with van der Waals surface area (Å²) in [6.07, 6.45) is 0.422. The zero-order valence-electron chi connectivity index (χ0n) is 15.4. The van der Waals surface area contributed by atoms with E-state index in [1.54, 1.807) is 12.1 Å². The Labute approximate surface area is 162 Å². The van der Waals surface area contributed by atoms with Gasteiger partial charge in [0.1, 0.15) is 5.71 Å². The normalized spacial score (nSPS) is 21.2. The molecular formula is C18H21N3O6S. The number of carbonyl (C=O) groups excluding carboxylic acids is 3. The van der Waals surface area contributed by atoms with E-state index in [1.807, 2.05) is 19.1 Å². The summed E-state index contributed by atoms with van der Waals surface area (Å²) in [5.41, 5.74) is 1.50. The second-order valence-corrected chi connectivity index (χ2v) is 9.01. The van der Waals surface area contributed by atoms with Gasteiger partial charge in [-0.2, -0.15) is 5.10 Å². The van der Waals surface area contributed by atoms with E-state index < -0.39 is 34.4 Å². The molecule has 0 aromatic heterocycles. The van der Waals surface area contributed by atoms with Gasteiger partial charge in [-0.05, 0) is 25.0 Å². The molecule has 0 bridgehead atoms. The molecule has 1 fully saturated rings. The lowest BCUT2D eigenvalue weighted by atomic mass is 10.1. The number of nitrogens with one attached hydrogen (secondary N) is 1. The molecular weight excluding hydrogens is 386 g/mol. The van der Waals surface area contributed by atoms with Crippen LogP contribution in [0, 0.1) is 6.92 Å². The molecule has 1 N–H and O–H groups in total. The largest absolute Gasteiger partial charge is 0.451 e. The summed E-state index contributed by atoms with van der Waals surface area (Å²) in [5, 5.41) is 7.75. The van der Waals surface area contributed by atoms with Crippen molar-refractivity contribution in [2.24, 2.45) is 5.10 Å². The van der Waals surface area contributed by atoms with Crippen LogP contribution in [0.5, 0.6) is 0 Å². The molecule has 9 nitrogen and oxygen atoms in total. The van der Waals surface area contributed by atoms with Crippen LogP contribution in [0.25, 0.3) is 0 Å². The number of esters is 1. The average Bonchev–Trinajstić information content (AvgIpc) is 3.01. The van der Waals surface area contributed by atoms with E-state index in [1.165, 1.54) is 0 Å². The molecule has 0 radical (unpaired) electrons. The Morgan fingerprint density at radius 3 is 2.71 bits per heavy atom. The van der Waals surface area contributed by atoms with Gasteiger partial charge in [0.25, 0.3) is 5.91 Å². The number of hydrogen-bond donors (Lipinski definition) is 1. The average molecular weight is 407 g/mol. The standard InChI is InChI=1S/C18H21N3O6S/c1-12-4-2-3-5-14(12)19-16(22)10-27-18(24)15-6-7-17(23)21(20-15)13-8-9-28(25,26)11-13/h2-5,13H,6-11H2,1H3,(H,19,22)/t13-/m1/s1. The molecule has 2 amide bonds. The van der Waals surface area contributed by atoms with Crippen LogP contribution >= 0.6 is 0 Å². The van der Waals surface area contributed by atoms with Gasteiger partial charge in [-0.25, -0.2) is 18.2 Å². The van der Waals surface area contributed by atoms with E-state index in [0.717, 1.165) is 10.6 Å². The number of para-hydroxylation sites is 1. The Morgan fingerprint density at radius 1 is 1.29 bits per heavy atom. The van der Waals surface area contributed by atoms with E-state index in [9.17, 15) is 22.8 Å². The monoisotopic (exact) mass is 407 g/mol. The Kier molecular flexibility index (Phi) is 5.78. The van der Waals surface area contributed by atoms with Gasteiger partial charge < -0.3 is 10.1 Å². The molecule has 3 rings (SSSR count). The maximum atomic E-state index is 12.2. The number of hydrogen-bond acceptors (Lipinski definition) is 7. The Bertz CT molecular complexity index is 940. The molecule has 2 heterocycles. The van der Waals surface area contributed by atoms with Gasteiger partial charge in [-0.15, -0.1) is 0 Å². The second kappa shape index (κ2) is 8.09. The summed E-state index contributed by atoms with van der Waals surface area (Å²) in [7, 11) is -3.19. The SMILES string of the molecule is Cc1ccccc1NC(=O)COC(=O)C1=NN([C@@H]2CCS(=O)(=O)C2)C(=O)CC1. The summed E-state index contributed by atoms with van der Waals surface area (Å²) in [6.45, 7) is 1.35. The third kappa shape index (κ3) is 4.75. The third-order valence-corrected chi connectivity index (χ3v) is 6.35. The van der Waals surface area contributed by atoms with E-state index in [-0.39, 0.29) is 36.0 Å². The van der Waals surface area contributed by atoms with Crippen LogP contribution in [0.15, 0.2) is 29.4 Å². The number of aryl methyl sites for hydroxylation is 1. The zero-order valence-corrected chi connectivity index (χ0v) is 16.2. The minimum absolute atomic E-state index is 0.00415. The van der Waals surface area contributed by atoms with Crippen molar-refractivity contribution < 1.29 is 27.5 Å². The highest BCUT2D eigenvalue weighted by atomic mass is 32.2. The van der Waals surface area contributed by atoms with Crippen LogP contribution in [0.4, 0.5) is 5.69 Å². The zero-order chi connectivity index (χ0) is 20.3. The molecule has 1 saturated heterocycles. The molecule has 1 aromatic rings. The Hall–Kier alpha value is -2.75. The van der Waals surface area contributed by atoms with Crippen molar-refractivity contribution in [3.63, 3.8) is 0 Å². The van der Waals surface area contributed by atoms with Gasteiger partial charge in [-0.3, -0.25) is 9.59 Å². The molecule has 1 aromatic carbocycles. The minimum atomic E-state index is -3.19. The first-order valence-electron chi connectivity index (χ1n) is 8.88. The topological polar surface area (TPSA) is 122 Å². The molecule has 0 saturated carbocycles. The number of ether oxygens (including phenoxy) is 1. The first kappa shape index (κ1) is 20.0. The number of anilines is 1. The van der Waals surface area contributed by atoms with Crippen molar-refractivity contribution in [1.82, 2.24) is 5.01 Å². The fourth-order valence-electron chi connectivity index (χ4n) is 3.09. The second-order valence-electron chi connectivity index (χ2n) is 6.78. The maximum Gasteiger partial charge on any atom is 0.355 e. The maximum absolute atomic E-state index is 12.2. The van der Waals surface area contributed by atoms with Crippen LogP contribution in [-0.4, -0.2) is 61.1 Å². The van der Waals surface area contributed by atoms with Gasteiger partial charge in [0, 0.05) is 18.5 Å². The number of amides is 2. The quantitative estimate of drug-likeness (QED) is 0.715. The lowest BCUT2D eigenvalue weighted by Crippen LogP contribution is -2.42. The minimum Gasteiger partial charge on any atom is -0.451 e. The van der Waals surface area contributed by atoms with E-state index >= 15 is 0 Å². The van der Waals surface area contributed by atoms with Crippen LogP contribution < -0.4 is 5.32 Å². The highest BCUT2D eigenvalue weighted by Crippen LogP contribution is 2.22. The van der Waals surface area contributed by atoms with Gasteiger partial charge in [0.15, 0.2) is 16.4 Å². The predicted molar refractivity (Wildman–Crippen MR) is 101 cm³/mol. The number of rotatable bonds is 5. The predicted octanol–water partition coefficient (Wildman–Crippen LogP) is 0.642. The van der Waals surface area contributed by atoms with Crippen LogP contribution in [0.1, 0.15) is 24.8 Å². The van der Waals surface area contributed by atoms with Gasteiger partial charge in [0.2, 0.25) is 5.91 Å². The van der Waals surface area contributed by atoms with Gasteiger partial charge in [-0.1, -0.05) is 18.2 Å². The number of nitrogens with zero attached hydrogens (tertiary/aromatic N) is 2. The van der Waals surface area contributed by atoms with Crippen molar-refractivity contribution in [2.75, 3.05) is 23.4 Å². The molecule has 28 heavy (non-hydrogen) atoms. The van der Waals surface area contributed by atoms with Crippen molar-refractivity contribution >= 4 is 39.0 Å². The molecule has 0 unspecified atom stereocenters. The summed E-state index contributed by atoms with van der Waals surface area (Å²) in [5.74, 6) is -1.78. The van der Waals surface area contributed by atoms with Crippen molar-refractivity contribution in [1.29, 1.82) is 0 Å². The first-order chi connectivity index (χ1) is 13.2. The smallest absolute Gasteiger partial charge is 0.355 e. The molecule has 2 aliphatic rings. The fourth-order valence-corrected chi connectivity index (χ4v) is 4.78.